The molecule has 4 nitrogen and oxygen atoms in total. The second-order valence-electron chi connectivity index (χ2n) is 6.79. The van der Waals surface area contributed by atoms with Crippen molar-refractivity contribution in [1.82, 2.24) is 15.2 Å². The van der Waals surface area contributed by atoms with Crippen molar-refractivity contribution in [1.29, 1.82) is 0 Å². The van der Waals surface area contributed by atoms with Crippen molar-refractivity contribution < 1.29 is 0 Å². The van der Waals surface area contributed by atoms with Gasteiger partial charge in [0.25, 0.3) is 0 Å². The van der Waals surface area contributed by atoms with Gasteiger partial charge in [-0.2, -0.15) is 0 Å². The minimum Gasteiger partial charge on any atom is -0.354 e. The largest absolute Gasteiger partial charge is 0.354 e. The van der Waals surface area contributed by atoms with Gasteiger partial charge in [-0.15, -0.1) is 0 Å². The third-order valence-corrected chi connectivity index (χ3v) is 4.56. The summed E-state index contributed by atoms with van der Waals surface area (Å²) in [7, 11) is 0. The van der Waals surface area contributed by atoms with E-state index in [4.69, 9.17) is 4.98 Å². The number of pyridine rings is 1. The molecule has 0 spiro atoms. The Bertz CT molecular complexity index is 460. The van der Waals surface area contributed by atoms with Gasteiger partial charge in [-0.3, -0.25) is 4.90 Å². The maximum Gasteiger partial charge on any atom is 0.128 e. The van der Waals surface area contributed by atoms with Crippen LogP contribution in [0.1, 0.15) is 32.4 Å². The van der Waals surface area contributed by atoms with Crippen LogP contribution in [0.15, 0.2) is 18.2 Å². The van der Waals surface area contributed by atoms with Crippen LogP contribution in [-0.4, -0.2) is 48.6 Å². The first-order valence-electron chi connectivity index (χ1n) is 8.38. The Morgan fingerprint density at radius 2 is 2.19 bits per heavy atom. The van der Waals surface area contributed by atoms with Crippen LogP contribution in [0.25, 0.3) is 0 Å². The zero-order valence-electron chi connectivity index (χ0n) is 13.4. The molecule has 0 amide bonds. The van der Waals surface area contributed by atoms with Crippen LogP contribution in [0, 0.1) is 5.92 Å². The first kappa shape index (κ1) is 14.8. The van der Waals surface area contributed by atoms with Crippen molar-refractivity contribution in [2.75, 3.05) is 37.6 Å². The van der Waals surface area contributed by atoms with E-state index in [1.54, 1.807) is 0 Å². The molecule has 1 aromatic heterocycles. The smallest absolute Gasteiger partial charge is 0.128 e. The molecule has 0 aromatic carbocycles. The monoisotopic (exact) mass is 288 g/mol. The molecule has 21 heavy (non-hydrogen) atoms. The number of nitrogens with one attached hydrogen (secondary N) is 1. The first-order valence-corrected chi connectivity index (χ1v) is 8.38. The number of anilines is 1. The predicted octanol–water partition coefficient (Wildman–Crippen LogP) is 2.11. The van der Waals surface area contributed by atoms with Crippen LogP contribution >= 0.6 is 0 Å². The molecule has 116 valence electrons. The van der Waals surface area contributed by atoms with Gasteiger partial charge in [-0.1, -0.05) is 19.9 Å². The van der Waals surface area contributed by atoms with Gasteiger partial charge in [0.1, 0.15) is 5.82 Å². The van der Waals surface area contributed by atoms with Crippen LogP contribution in [-0.2, 0) is 6.54 Å². The molecule has 1 atom stereocenters. The van der Waals surface area contributed by atoms with E-state index < -0.39 is 0 Å². The molecule has 2 aliphatic rings. The molecular formula is C17H28N4. The average molecular weight is 288 g/mol. The van der Waals surface area contributed by atoms with Gasteiger partial charge in [0.15, 0.2) is 0 Å². The first-order chi connectivity index (χ1) is 10.2. The second-order valence-corrected chi connectivity index (χ2v) is 6.79. The topological polar surface area (TPSA) is 31.4 Å². The Hall–Kier alpha value is -1.13. The van der Waals surface area contributed by atoms with Gasteiger partial charge < -0.3 is 10.2 Å². The zero-order valence-corrected chi connectivity index (χ0v) is 13.4. The molecule has 3 rings (SSSR count). The molecule has 1 aromatic rings. The number of piperazine rings is 1. The number of fused-ring (bicyclic) bond motifs is 1. The summed E-state index contributed by atoms with van der Waals surface area (Å²) in [5.74, 6) is 1.84. The van der Waals surface area contributed by atoms with E-state index in [2.05, 4.69) is 47.2 Å². The summed E-state index contributed by atoms with van der Waals surface area (Å²) in [6.45, 7) is 11.1. The molecule has 4 heteroatoms. The van der Waals surface area contributed by atoms with Crippen LogP contribution in [0.3, 0.4) is 0 Å². The fraction of sp³-hybridized carbons (Fsp3) is 0.706. The van der Waals surface area contributed by atoms with Crippen LogP contribution < -0.4 is 10.2 Å². The highest BCUT2D eigenvalue weighted by molar-refractivity contribution is 5.40. The Balaban J connectivity index is 1.60. The third kappa shape index (κ3) is 3.74. The van der Waals surface area contributed by atoms with Gasteiger partial charge in [0, 0.05) is 32.2 Å². The van der Waals surface area contributed by atoms with Gasteiger partial charge >= 0.3 is 0 Å². The standard InChI is InChI=1S/C17H28N4/c1-14(2)11-18-12-15-5-3-7-17(19-15)21-10-9-20-8-4-6-16(20)13-21/h3,5,7,14,16,18H,4,6,8-13H2,1-2H3. The van der Waals surface area contributed by atoms with Crippen molar-refractivity contribution in [3.63, 3.8) is 0 Å². The Morgan fingerprint density at radius 1 is 1.29 bits per heavy atom. The molecular weight excluding hydrogens is 260 g/mol. The highest BCUT2D eigenvalue weighted by atomic mass is 15.3. The molecule has 1 N–H and O–H groups in total. The Morgan fingerprint density at radius 3 is 3.05 bits per heavy atom. The fourth-order valence-corrected chi connectivity index (χ4v) is 3.43. The third-order valence-electron chi connectivity index (χ3n) is 4.56. The zero-order chi connectivity index (χ0) is 14.7. The van der Waals surface area contributed by atoms with E-state index in [9.17, 15) is 0 Å². The van der Waals surface area contributed by atoms with Crippen molar-refractivity contribution in [3.05, 3.63) is 23.9 Å². The van der Waals surface area contributed by atoms with Gasteiger partial charge in [-0.25, -0.2) is 4.98 Å². The summed E-state index contributed by atoms with van der Waals surface area (Å²) in [6, 6.07) is 7.19. The lowest BCUT2D eigenvalue weighted by Gasteiger charge is -2.38. The maximum atomic E-state index is 4.85. The highest BCUT2D eigenvalue weighted by Gasteiger charge is 2.30. The number of rotatable bonds is 5. The summed E-state index contributed by atoms with van der Waals surface area (Å²) in [4.78, 5) is 9.97. The molecule has 0 aliphatic carbocycles. The molecule has 0 saturated carbocycles. The maximum absolute atomic E-state index is 4.85. The fourth-order valence-electron chi connectivity index (χ4n) is 3.43. The van der Waals surface area contributed by atoms with Crippen molar-refractivity contribution in [3.8, 4) is 0 Å². The molecule has 2 fully saturated rings. The molecule has 0 bridgehead atoms. The molecule has 2 aliphatic heterocycles. The second kappa shape index (κ2) is 6.75. The Kier molecular flexibility index (Phi) is 4.76. The normalized spacial score (nSPS) is 22.8. The minimum absolute atomic E-state index is 0.684. The van der Waals surface area contributed by atoms with Gasteiger partial charge in [0.2, 0.25) is 0 Å². The minimum atomic E-state index is 0.684. The number of nitrogens with zero attached hydrogens (tertiary/aromatic N) is 3. The summed E-state index contributed by atoms with van der Waals surface area (Å²) < 4.78 is 0. The van der Waals surface area contributed by atoms with E-state index in [0.717, 1.165) is 43.7 Å². The van der Waals surface area contributed by atoms with Gasteiger partial charge in [-0.05, 0) is 44.0 Å². The van der Waals surface area contributed by atoms with E-state index in [1.165, 1.54) is 25.9 Å². The van der Waals surface area contributed by atoms with E-state index in [1.807, 2.05) is 0 Å². The van der Waals surface area contributed by atoms with E-state index in [-0.39, 0.29) is 0 Å². The lowest BCUT2D eigenvalue weighted by molar-refractivity contribution is 0.230. The number of aromatic nitrogens is 1. The molecule has 0 radical (unpaired) electrons. The summed E-state index contributed by atoms with van der Waals surface area (Å²) in [5.41, 5.74) is 1.15. The Labute approximate surface area is 128 Å². The van der Waals surface area contributed by atoms with Crippen molar-refractivity contribution in [2.24, 2.45) is 5.92 Å². The van der Waals surface area contributed by atoms with Crippen LogP contribution in [0.4, 0.5) is 5.82 Å². The SMILES string of the molecule is CC(C)CNCc1cccc(N2CCN3CCCC3C2)n1. The van der Waals surface area contributed by atoms with Crippen molar-refractivity contribution >= 4 is 5.82 Å². The van der Waals surface area contributed by atoms with Crippen LogP contribution in [0.2, 0.25) is 0 Å². The summed E-state index contributed by atoms with van der Waals surface area (Å²) in [5, 5.41) is 3.48. The quantitative estimate of drug-likeness (QED) is 0.899. The highest BCUT2D eigenvalue weighted by Crippen LogP contribution is 2.24. The lowest BCUT2D eigenvalue weighted by atomic mass is 10.1. The molecule has 3 heterocycles. The predicted molar refractivity (Wildman–Crippen MR) is 87.6 cm³/mol. The molecule has 2 saturated heterocycles. The summed E-state index contributed by atoms with van der Waals surface area (Å²) in [6.07, 6.45) is 2.72. The van der Waals surface area contributed by atoms with E-state index >= 15 is 0 Å². The molecule has 1 unspecified atom stereocenters. The average Bonchev–Trinajstić information content (AvgIpc) is 2.94. The van der Waals surface area contributed by atoms with Gasteiger partial charge in [0.05, 0.1) is 5.69 Å². The number of hydrogen-bond donors (Lipinski definition) is 1. The van der Waals surface area contributed by atoms with Crippen LogP contribution in [0.5, 0.6) is 0 Å². The summed E-state index contributed by atoms with van der Waals surface area (Å²) >= 11 is 0. The lowest BCUT2D eigenvalue weighted by Crippen LogP contribution is -2.50. The van der Waals surface area contributed by atoms with Crippen molar-refractivity contribution in [2.45, 2.75) is 39.3 Å². The van der Waals surface area contributed by atoms with E-state index in [0.29, 0.717) is 5.92 Å². The number of hydrogen-bond acceptors (Lipinski definition) is 4.